The predicted octanol–water partition coefficient (Wildman–Crippen LogP) is 4.11. The van der Waals surface area contributed by atoms with Crippen LogP contribution in [-0.2, 0) is 15.3 Å². The van der Waals surface area contributed by atoms with Crippen LogP contribution in [0.25, 0.3) is 0 Å². The summed E-state index contributed by atoms with van der Waals surface area (Å²) in [5, 5.41) is 4.69. The highest BCUT2D eigenvalue weighted by Gasteiger charge is 2.16. The second kappa shape index (κ2) is 12.4. The number of hydrazone groups is 1. The molecule has 0 atom stereocenters. The smallest absolute Gasteiger partial charge is 0.260 e. The summed E-state index contributed by atoms with van der Waals surface area (Å²) in [4.78, 5) is 25.9. The van der Waals surface area contributed by atoms with Crippen molar-refractivity contribution in [3.05, 3.63) is 64.7 Å². The number of piperidine rings is 1. The molecule has 0 unspecified atom stereocenters. The van der Waals surface area contributed by atoms with Gasteiger partial charge < -0.3 is 9.64 Å². The van der Waals surface area contributed by atoms with Gasteiger partial charge in [-0.2, -0.15) is 5.10 Å². The van der Waals surface area contributed by atoms with Crippen LogP contribution in [0.1, 0.15) is 30.4 Å². The number of halogens is 1. The van der Waals surface area contributed by atoms with Crippen molar-refractivity contribution < 1.29 is 14.3 Å². The van der Waals surface area contributed by atoms with E-state index in [1.54, 1.807) is 18.3 Å². The molecule has 1 aliphatic heterocycles. The molecule has 2 aromatic rings. The maximum atomic E-state index is 12.1. The highest BCUT2D eigenvalue weighted by Crippen LogP contribution is 2.15. The number of nitrogens with one attached hydrogen (secondary N) is 1. The van der Waals surface area contributed by atoms with Gasteiger partial charge in [-0.05, 0) is 66.8 Å². The summed E-state index contributed by atoms with van der Waals surface area (Å²) in [6, 6.07) is 14.8. The van der Waals surface area contributed by atoms with Crippen molar-refractivity contribution in [2.45, 2.75) is 25.0 Å². The van der Waals surface area contributed by atoms with Crippen LogP contribution in [0.2, 0.25) is 5.02 Å². The van der Waals surface area contributed by atoms with E-state index in [2.05, 4.69) is 10.5 Å². The van der Waals surface area contributed by atoms with E-state index in [-0.39, 0.29) is 18.4 Å². The first kappa shape index (κ1) is 23.2. The Morgan fingerprint density at radius 1 is 1.06 bits per heavy atom. The molecule has 1 aliphatic rings. The molecule has 0 aliphatic carbocycles. The highest BCUT2D eigenvalue weighted by atomic mass is 35.5. The number of thioether (sulfide) groups is 1. The third kappa shape index (κ3) is 8.26. The molecule has 0 aromatic heterocycles. The number of likely N-dealkylation sites (tertiary alicyclic amines) is 1. The molecule has 8 heteroatoms. The van der Waals surface area contributed by atoms with Gasteiger partial charge in [0.25, 0.3) is 5.91 Å². The summed E-state index contributed by atoms with van der Waals surface area (Å²) < 4.78 is 5.59. The molecular formula is C23H26ClN3O3S. The molecule has 0 saturated carbocycles. The number of hydrogen-bond donors (Lipinski definition) is 1. The van der Waals surface area contributed by atoms with Gasteiger partial charge in [-0.15, -0.1) is 11.8 Å². The van der Waals surface area contributed by atoms with Crippen molar-refractivity contribution in [1.82, 2.24) is 10.3 Å². The van der Waals surface area contributed by atoms with E-state index < -0.39 is 0 Å². The van der Waals surface area contributed by atoms with Gasteiger partial charge in [-0.1, -0.05) is 23.7 Å². The maximum absolute atomic E-state index is 12.1. The highest BCUT2D eigenvalue weighted by molar-refractivity contribution is 7.99. The number of carbonyl (C=O) groups is 2. The predicted molar refractivity (Wildman–Crippen MR) is 126 cm³/mol. The Labute approximate surface area is 192 Å². The van der Waals surface area contributed by atoms with Crippen LogP contribution in [0, 0.1) is 0 Å². The zero-order valence-corrected chi connectivity index (χ0v) is 18.8. The lowest BCUT2D eigenvalue weighted by Gasteiger charge is -2.26. The van der Waals surface area contributed by atoms with Crippen LogP contribution < -0.4 is 10.2 Å². The van der Waals surface area contributed by atoms with Gasteiger partial charge in [0.1, 0.15) is 5.75 Å². The normalized spacial score (nSPS) is 13.9. The average molecular weight is 460 g/mol. The first-order valence-electron chi connectivity index (χ1n) is 10.2. The quantitative estimate of drug-likeness (QED) is 0.452. The lowest BCUT2D eigenvalue weighted by atomic mass is 10.1. The van der Waals surface area contributed by atoms with Crippen LogP contribution in [0.4, 0.5) is 0 Å². The number of nitrogens with zero attached hydrogens (tertiary/aromatic N) is 2. The monoisotopic (exact) mass is 459 g/mol. The molecule has 2 amide bonds. The molecule has 31 heavy (non-hydrogen) atoms. The van der Waals surface area contributed by atoms with Crippen LogP contribution in [-0.4, -0.2) is 48.4 Å². The van der Waals surface area contributed by atoms with Crippen molar-refractivity contribution in [3.8, 4) is 5.75 Å². The maximum Gasteiger partial charge on any atom is 0.260 e. The van der Waals surface area contributed by atoms with E-state index in [0.717, 1.165) is 42.8 Å². The molecule has 0 spiro atoms. The lowest BCUT2D eigenvalue weighted by molar-refractivity contribution is -0.134. The number of hydrogen-bond acceptors (Lipinski definition) is 5. The molecule has 0 bridgehead atoms. The van der Waals surface area contributed by atoms with Crippen molar-refractivity contribution in [2.75, 3.05) is 25.4 Å². The van der Waals surface area contributed by atoms with E-state index in [4.69, 9.17) is 16.3 Å². The molecule has 1 heterocycles. The second-order valence-electron chi connectivity index (χ2n) is 7.21. The van der Waals surface area contributed by atoms with Gasteiger partial charge in [0, 0.05) is 23.9 Å². The molecule has 3 rings (SSSR count). The zero-order valence-electron chi connectivity index (χ0n) is 17.3. The standard InChI is InChI=1S/C23H26ClN3O3S/c24-20-8-4-19(5-9-20)16-31-17-22(28)26-25-14-18-6-10-21(11-7-18)30-15-23(29)27-12-2-1-3-13-27/h4-11,14H,1-3,12-13,15-17H2,(H,26,28)/b25-14-. The van der Waals surface area contributed by atoms with E-state index in [0.29, 0.717) is 16.5 Å². The molecule has 0 radical (unpaired) electrons. The van der Waals surface area contributed by atoms with E-state index in [1.807, 2.05) is 41.3 Å². The van der Waals surface area contributed by atoms with Gasteiger partial charge in [0.05, 0.1) is 12.0 Å². The molecule has 1 saturated heterocycles. The fraction of sp³-hybridized carbons (Fsp3) is 0.348. The lowest BCUT2D eigenvalue weighted by Crippen LogP contribution is -2.38. The summed E-state index contributed by atoms with van der Waals surface area (Å²) in [5.41, 5.74) is 4.46. The summed E-state index contributed by atoms with van der Waals surface area (Å²) >= 11 is 7.37. The van der Waals surface area contributed by atoms with Gasteiger partial charge in [0.2, 0.25) is 5.91 Å². The van der Waals surface area contributed by atoms with Crippen LogP contribution in [0.15, 0.2) is 53.6 Å². The molecule has 1 N–H and O–H groups in total. The molecule has 164 valence electrons. The van der Waals surface area contributed by atoms with Crippen LogP contribution >= 0.6 is 23.4 Å². The molecule has 1 fully saturated rings. The zero-order chi connectivity index (χ0) is 21.9. The largest absolute Gasteiger partial charge is 0.484 e. The average Bonchev–Trinajstić information content (AvgIpc) is 2.80. The topological polar surface area (TPSA) is 71.0 Å². The van der Waals surface area contributed by atoms with Gasteiger partial charge in [-0.25, -0.2) is 5.43 Å². The summed E-state index contributed by atoms with van der Waals surface area (Å²) in [6.45, 7) is 1.70. The third-order valence-corrected chi connectivity index (χ3v) is 6.02. The minimum Gasteiger partial charge on any atom is -0.484 e. The van der Waals surface area contributed by atoms with E-state index >= 15 is 0 Å². The van der Waals surface area contributed by atoms with Crippen LogP contribution in [0.3, 0.4) is 0 Å². The first-order valence-corrected chi connectivity index (χ1v) is 11.8. The Balaban J connectivity index is 1.34. The first-order chi connectivity index (χ1) is 15.1. The Bertz CT molecular complexity index is 882. The van der Waals surface area contributed by atoms with Gasteiger partial charge in [0.15, 0.2) is 6.61 Å². The van der Waals surface area contributed by atoms with Crippen molar-refractivity contribution in [1.29, 1.82) is 0 Å². The number of ether oxygens (including phenoxy) is 1. The Kier molecular flexibility index (Phi) is 9.24. The van der Waals surface area contributed by atoms with Crippen molar-refractivity contribution in [2.24, 2.45) is 5.10 Å². The molecule has 6 nitrogen and oxygen atoms in total. The third-order valence-electron chi connectivity index (χ3n) is 4.77. The Hall–Kier alpha value is -2.51. The fourth-order valence-electron chi connectivity index (χ4n) is 3.08. The molecule has 2 aromatic carbocycles. The fourth-order valence-corrected chi connectivity index (χ4v) is 3.99. The number of amides is 2. The number of carbonyl (C=O) groups excluding carboxylic acids is 2. The number of benzene rings is 2. The van der Waals surface area contributed by atoms with Gasteiger partial charge in [-0.3, -0.25) is 9.59 Å². The Morgan fingerprint density at radius 2 is 1.77 bits per heavy atom. The van der Waals surface area contributed by atoms with E-state index in [9.17, 15) is 9.59 Å². The SMILES string of the molecule is O=C(CSCc1ccc(Cl)cc1)N/N=C\c1ccc(OCC(=O)N2CCCCC2)cc1. The summed E-state index contributed by atoms with van der Waals surface area (Å²) in [6.07, 6.45) is 4.90. The van der Waals surface area contributed by atoms with E-state index in [1.165, 1.54) is 18.2 Å². The minimum absolute atomic E-state index is 0.0296. The van der Waals surface area contributed by atoms with Crippen molar-refractivity contribution in [3.63, 3.8) is 0 Å². The summed E-state index contributed by atoms with van der Waals surface area (Å²) in [5.74, 6) is 1.55. The number of rotatable bonds is 9. The Morgan fingerprint density at radius 3 is 2.48 bits per heavy atom. The minimum atomic E-state index is -0.161. The van der Waals surface area contributed by atoms with Crippen molar-refractivity contribution >= 4 is 41.4 Å². The van der Waals surface area contributed by atoms with Crippen LogP contribution in [0.5, 0.6) is 5.75 Å². The second-order valence-corrected chi connectivity index (χ2v) is 8.63. The summed E-state index contributed by atoms with van der Waals surface area (Å²) in [7, 11) is 0. The molecular weight excluding hydrogens is 434 g/mol. The van der Waals surface area contributed by atoms with Gasteiger partial charge >= 0.3 is 0 Å².